The second-order valence-electron chi connectivity index (χ2n) is 4.26. The number of nitrogens with one attached hydrogen (secondary N) is 2. The zero-order valence-electron chi connectivity index (χ0n) is 10.0. The van der Waals surface area contributed by atoms with E-state index in [1.807, 2.05) is 6.92 Å². The summed E-state index contributed by atoms with van der Waals surface area (Å²) in [5.41, 5.74) is 2.66. The van der Waals surface area contributed by atoms with Crippen LogP contribution in [0.4, 0.5) is 4.39 Å². The summed E-state index contributed by atoms with van der Waals surface area (Å²) in [7, 11) is 0. The van der Waals surface area contributed by atoms with Gasteiger partial charge < -0.3 is 10.6 Å². The van der Waals surface area contributed by atoms with Gasteiger partial charge in [0.05, 0.1) is 5.02 Å². The lowest BCUT2D eigenvalue weighted by Gasteiger charge is -2.21. The molecule has 0 bridgehead atoms. The van der Waals surface area contributed by atoms with Gasteiger partial charge in [0, 0.05) is 25.2 Å². The summed E-state index contributed by atoms with van der Waals surface area (Å²) in [6.45, 7) is 3.71. The van der Waals surface area contributed by atoms with Gasteiger partial charge in [-0.2, -0.15) is 0 Å². The van der Waals surface area contributed by atoms with Gasteiger partial charge in [0.2, 0.25) is 5.91 Å². The zero-order valence-corrected chi connectivity index (χ0v) is 10.8. The highest BCUT2D eigenvalue weighted by atomic mass is 35.5. The van der Waals surface area contributed by atoms with Crippen LogP contribution in [0, 0.1) is 5.82 Å². The Labute approximate surface area is 110 Å². The Kier molecular flexibility index (Phi) is 3.99. The van der Waals surface area contributed by atoms with E-state index >= 15 is 0 Å². The summed E-state index contributed by atoms with van der Waals surface area (Å²) in [5.74, 6) is -0.544. The Hall–Kier alpha value is -1.39. The topological polar surface area (TPSA) is 41.1 Å². The van der Waals surface area contributed by atoms with Crippen LogP contribution in [0.15, 0.2) is 29.3 Å². The van der Waals surface area contributed by atoms with Crippen molar-refractivity contribution < 1.29 is 9.18 Å². The maximum absolute atomic E-state index is 13.0. The van der Waals surface area contributed by atoms with Crippen LogP contribution in [0.1, 0.15) is 12.5 Å². The van der Waals surface area contributed by atoms with Gasteiger partial charge in [-0.15, -0.1) is 0 Å². The van der Waals surface area contributed by atoms with Crippen molar-refractivity contribution in [3.05, 3.63) is 45.7 Å². The second-order valence-corrected chi connectivity index (χ2v) is 4.67. The number of carbonyl (C=O) groups is 1. The van der Waals surface area contributed by atoms with Crippen molar-refractivity contribution in [1.29, 1.82) is 0 Å². The predicted octanol–water partition coefficient (Wildman–Crippen LogP) is 2.01. The highest BCUT2D eigenvalue weighted by molar-refractivity contribution is 6.30. The third-order valence-electron chi connectivity index (χ3n) is 2.98. The lowest BCUT2D eigenvalue weighted by atomic mass is 10.0. The molecule has 0 radical (unpaired) electrons. The highest BCUT2D eigenvalue weighted by Crippen LogP contribution is 2.16. The summed E-state index contributed by atoms with van der Waals surface area (Å²) >= 11 is 5.67. The average Bonchev–Trinajstić information content (AvgIpc) is 2.28. The lowest BCUT2D eigenvalue weighted by molar-refractivity contribution is -0.117. The van der Waals surface area contributed by atoms with Crippen LogP contribution in [-0.4, -0.2) is 19.0 Å². The molecule has 1 heterocycles. The molecule has 0 aliphatic carbocycles. The van der Waals surface area contributed by atoms with Crippen LogP contribution in [0.25, 0.3) is 0 Å². The van der Waals surface area contributed by atoms with Gasteiger partial charge in [-0.3, -0.25) is 4.79 Å². The van der Waals surface area contributed by atoms with Crippen LogP contribution in [0.5, 0.6) is 0 Å². The van der Waals surface area contributed by atoms with E-state index in [1.54, 1.807) is 6.07 Å². The summed E-state index contributed by atoms with van der Waals surface area (Å²) in [5, 5.41) is 5.95. The molecule has 1 aliphatic rings. The SMILES string of the molecule is CC(C(=O)NCc1ccc(F)c(Cl)c1)=C1CNC1. The first kappa shape index (κ1) is 13.1. The third-order valence-corrected chi connectivity index (χ3v) is 3.27. The first-order valence-corrected chi connectivity index (χ1v) is 6.07. The molecule has 96 valence electrons. The molecular weight excluding hydrogens is 255 g/mol. The molecule has 18 heavy (non-hydrogen) atoms. The van der Waals surface area contributed by atoms with Gasteiger partial charge in [-0.25, -0.2) is 4.39 Å². The summed E-state index contributed by atoms with van der Waals surface area (Å²) in [6.07, 6.45) is 0. The average molecular weight is 269 g/mol. The van der Waals surface area contributed by atoms with Crippen molar-refractivity contribution in [2.75, 3.05) is 13.1 Å². The normalized spacial score (nSPS) is 14.1. The fourth-order valence-electron chi connectivity index (χ4n) is 1.64. The Morgan fingerprint density at radius 1 is 1.50 bits per heavy atom. The third kappa shape index (κ3) is 2.89. The number of hydrogen-bond donors (Lipinski definition) is 2. The van der Waals surface area contributed by atoms with Crippen molar-refractivity contribution in [2.24, 2.45) is 0 Å². The van der Waals surface area contributed by atoms with Gasteiger partial charge in [-0.1, -0.05) is 17.7 Å². The molecule has 0 saturated carbocycles. The molecule has 0 aromatic heterocycles. The van der Waals surface area contributed by atoms with Crippen molar-refractivity contribution >= 4 is 17.5 Å². The Morgan fingerprint density at radius 3 is 2.78 bits per heavy atom. The Bertz CT molecular complexity index is 508. The minimum absolute atomic E-state index is 0.0695. The van der Waals surface area contributed by atoms with Crippen LogP contribution >= 0.6 is 11.6 Å². The molecule has 0 spiro atoms. The first-order valence-electron chi connectivity index (χ1n) is 5.69. The summed E-state index contributed by atoms with van der Waals surface area (Å²) < 4.78 is 13.0. The molecule has 2 N–H and O–H groups in total. The second kappa shape index (κ2) is 5.50. The quantitative estimate of drug-likeness (QED) is 0.824. The smallest absolute Gasteiger partial charge is 0.247 e. The van der Waals surface area contributed by atoms with E-state index in [2.05, 4.69) is 10.6 Å². The van der Waals surface area contributed by atoms with E-state index in [4.69, 9.17) is 11.6 Å². The molecule has 1 aromatic rings. The van der Waals surface area contributed by atoms with Crippen LogP contribution in [-0.2, 0) is 11.3 Å². The summed E-state index contributed by atoms with van der Waals surface area (Å²) in [4.78, 5) is 11.8. The van der Waals surface area contributed by atoms with E-state index in [9.17, 15) is 9.18 Å². The zero-order chi connectivity index (χ0) is 13.1. The predicted molar refractivity (Wildman–Crippen MR) is 68.8 cm³/mol. The number of amides is 1. The van der Waals surface area contributed by atoms with E-state index in [-0.39, 0.29) is 10.9 Å². The molecule has 0 atom stereocenters. The fraction of sp³-hybridized carbons (Fsp3) is 0.308. The van der Waals surface area contributed by atoms with E-state index in [1.165, 1.54) is 12.1 Å². The van der Waals surface area contributed by atoms with Crippen molar-refractivity contribution in [3.63, 3.8) is 0 Å². The van der Waals surface area contributed by atoms with Gasteiger partial charge in [0.25, 0.3) is 0 Å². The number of halogens is 2. The van der Waals surface area contributed by atoms with E-state index in [0.29, 0.717) is 6.54 Å². The van der Waals surface area contributed by atoms with Crippen molar-refractivity contribution in [2.45, 2.75) is 13.5 Å². The number of rotatable bonds is 3. The lowest BCUT2D eigenvalue weighted by Crippen LogP contribution is -2.37. The summed E-state index contributed by atoms with van der Waals surface area (Å²) in [6, 6.07) is 4.42. The van der Waals surface area contributed by atoms with Gasteiger partial charge in [0.1, 0.15) is 5.82 Å². The number of carbonyl (C=O) groups excluding carboxylic acids is 1. The number of hydrogen-bond acceptors (Lipinski definition) is 2. The molecule has 0 unspecified atom stereocenters. The number of benzene rings is 1. The van der Waals surface area contributed by atoms with E-state index in [0.717, 1.165) is 29.8 Å². The van der Waals surface area contributed by atoms with Crippen LogP contribution < -0.4 is 10.6 Å². The molecule has 1 fully saturated rings. The highest BCUT2D eigenvalue weighted by Gasteiger charge is 2.15. The molecule has 1 aliphatic heterocycles. The molecule has 3 nitrogen and oxygen atoms in total. The molecule has 1 amide bonds. The fourth-order valence-corrected chi connectivity index (χ4v) is 1.84. The Morgan fingerprint density at radius 2 is 2.22 bits per heavy atom. The molecule has 1 saturated heterocycles. The van der Waals surface area contributed by atoms with Crippen LogP contribution in [0.2, 0.25) is 5.02 Å². The minimum atomic E-state index is -0.453. The molecular formula is C13H14ClFN2O. The van der Waals surface area contributed by atoms with Crippen molar-refractivity contribution in [1.82, 2.24) is 10.6 Å². The van der Waals surface area contributed by atoms with Crippen LogP contribution in [0.3, 0.4) is 0 Å². The van der Waals surface area contributed by atoms with Gasteiger partial charge in [-0.05, 0) is 30.2 Å². The maximum Gasteiger partial charge on any atom is 0.247 e. The maximum atomic E-state index is 13.0. The van der Waals surface area contributed by atoms with Gasteiger partial charge in [0.15, 0.2) is 0 Å². The standard InChI is InChI=1S/C13H14ClFN2O/c1-8(10-6-16-7-10)13(18)17-5-9-2-3-12(15)11(14)4-9/h2-4,16H,5-7H2,1H3,(H,17,18). The van der Waals surface area contributed by atoms with E-state index < -0.39 is 5.82 Å². The molecule has 5 heteroatoms. The van der Waals surface area contributed by atoms with Crippen molar-refractivity contribution in [3.8, 4) is 0 Å². The largest absolute Gasteiger partial charge is 0.348 e. The monoisotopic (exact) mass is 268 g/mol. The molecule has 2 rings (SSSR count). The van der Waals surface area contributed by atoms with Gasteiger partial charge >= 0.3 is 0 Å². The first-order chi connectivity index (χ1) is 8.58. The Balaban J connectivity index is 1.95. The minimum Gasteiger partial charge on any atom is -0.348 e. The molecule has 1 aromatic carbocycles.